The Morgan fingerprint density at radius 1 is 1.32 bits per heavy atom. The first-order chi connectivity index (χ1) is 8.94. The fourth-order valence-corrected chi connectivity index (χ4v) is 3.35. The second-order valence-electron chi connectivity index (χ2n) is 5.43. The minimum atomic E-state index is -2.99. The summed E-state index contributed by atoms with van der Waals surface area (Å²) in [7, 11) is -2.99. The quantitative estimate of drug-likeness (QED) is 0.885. The lowest BCUT2D eigenvalue weighted by atomic mass is 10.0. The van der Waals surface area contributed by atoms with Crippen LogP contribution in [0.25, 0.3) is 0 Å². The van der Waals surface area contributed by atoms with E-state index in [1.807, 2.05) is 24.3 Å². The zero-order valence-electron chi connectivity index (χ0n) is 11.4. The van der Waals surface area contributed by atoms with Crippen molar-refractivity contribution in [2.45, 2.75) is 24.6 Å². The van der Waals surface area contributed by atoms with Crippen molar-refractivity contribution >= 4 is 9.84 Å². The van der Waals surface area contributed by atoms with Crippen LogP contribution in [0.2, 0.25) is 0 Å². The third-order valence-electron chi connectivity index (χ3n) is 3.46. The molecule has 1 heterocycles. The van der Waals surface area contributed by atoms with Crippen molar-refractivity contribution in [3.63, 3.8) is 0 Å². The van der Waals surface area contributed by atoms with Crippen molar-refractivity contribution in [3.05, 3.63) is 35.4 Å². The summed E-state index contributed by atoms with van der Waals surface area (Å²) in [6.45, 7) is 3.09. The molecule has 0 amide bonds. The molecule has 0 bridgehead atoms. The minimum Gasteiger partial charge on any atom is -0.323 e. The molecule has 1 fully saturated rings. The maximum atomic E-state index is 11.3. The number of nitrogens with two attached hydrogens (primary N) is 1. The maximum Gasteiger partial charge on any atom is 0.151 e. The first-order valence-electron chi connectivity index (χ1n) is 6.68. The van der Waals surface area contributed by atoms with Gasteiger partial charge in [-0.1, -0.05) is 24.3 Å². The average Bonchev–Trinajstić information content (AvgIpc) is 2.80. The molecule has 0 aromatic heterocycles. The van der Waals surface area contributed by atoms with Gasteiger partial charge >= 0.3 is 0 Å². The molecule has 0 aliphatic carbocycles. The molecule has 106 valence electrons. The lowest BCUT2D eigenvalue weighted by Gasteiger charge is -2.20. The van der Waals surface area contributed by atoms with E-state index in [1.54, 1.807) is 0 Å². The third-order valence-corrected chi connectivity index (χ3v) is 4.32. The SMILES string of the molecule is CS(=O)(=O)Cc1cccc([C@H](N)CN2CCCC2)c1. The van der Waals surface area contributed by atoms with Crippen molar-refractivity contribution in [2.24, 2.45) is 5.73 Å². The highest BCUT2D eigenvalue weighted by atomic mass is 32.2. The Balaban J connectivity index is 2.04. The van der Waals surface area contributed by atoms with Gasteiger partial charge in [0.2, 0.25) is 0 Å². The van der Waals surface area contributed by atoms with Crippen LogP contribution in [0.1, 0.15) is 30.0 Å². The summed E-state index contributed by atoms with van der Waals surface area (Å²) >= 11 is 0. The number of nitrogens with zero attached hydrogens (tertiary/aromatic N) is 1. The zero-order chi connectivity index (χ0) is 13.9. The van der Waals surface area contributed by atoms with Crippen LogP contribution >= 0.6 is 0 Å². The number of hydrogen-bond donors (Lipinski definition) is 1. The minimum absolute atomic E-state index is 0.0439. The van der Waals surface area contributed by atoms with E-state index in [9.17, 15) is 8.42 Å². The lowest BCUT2D eigenvalue weighted by Crippen LogP contribution is -2.29. The fourth-order valence-electron chi connectivity index (χ4n) is 2.57. The van der Waals surface area contributed by atoms with Crippen LogP contribution in [0.4, 0.5) is 0 Å². The van der Waals surface area contributed by atoms with E-state index in [4.69, 9.17) is 5.73 Å². The van der Waals surface area contributed by atoms with Crippen molar-refractivity contribution < 1.29 is 8.42 Å². The van der Waals surface area contributed by atoms with E-state index in [1.165, 1.54) is 19.1 Å². The Morgan fingerprint density at radius 3 is 2.63 bits per heavy atom. The molecule has 5 heteroatoms. The highest BCUT2D eigenvalue weighted by Crippen LogP contribution is 2.17. The normalized spacial score (nSPS) is 18.6. The van der Waals surface area contributed by atoms with Crippen molar-refractivity contribution in [3.8, 4) is 0 Å². The van der Waals surface area contributed by atoms with Gasteiger partial charge in [0.05, 0.1) is 5.75 Å². The molecule has 0 spiro atoms. The number of sulfone groups is 1. The summed E-state index contributed by atoms with van der Waals surface area (Å²) in [4.78, 5) is 2.37. The van der Waals surface area contributed by atoms with Crippen molar-refractivity contribution in [1.29, 1.82) is 0 Å². The predicted molar refractivity (Wildman–Crippen MR) is 77.6 cm³/mol. The molecule has 0 radical (unpaired) electrons. The summed E-state index contributed by atoms with van der Waals surface area (Å²) in [5.41, 5.74) is 8.05. The van der Waals surface area contributed by atoms with Gasteiger partial charge in [-0.3, -0.25) is 0 Å². The number of likely N-dealkylation sites (tertiary alicyclic amines) is 1. The first kappa shape index (κ1) is 14.5. The smallest absolute Gasteiger partial charge is 0.151 e. The number of rotatable bonds is 5. The summed E-state index contributed by atoms with van der Waals surface area (Å²) in [5, 5.41) is 0. The molecule has 1 aliphatic heterocycles. The van der Waals surface area contributed by atoms with Crippen LogP contribution < -0.4 is 5.73 Å². The van der Waals surface area contributed by atoms with Crippen LogP contribution in [0.5, 0.6) is 0 Å². The van der Waals surface area contributed by atoms with E-state index in [2.05, 4.69) is 4.90 Å². The molecule has 0 saturated carbocycles. The van der Waals surface area contributed by atoms with Gasteiger partial charge in [-0.05, 0) is 37.1 Å². The van der Waals surface area contributed by atoms with E-state index < -0.39 is 9.84 Å². The van der Waals surface area contributed by atoms with E-state index in [0.717, 1.165) is 30.8 Å². The maximum absolute atomic E-state index is 11.3. The third kappa shape index (κ3) is 4.60. The molecule has 4 nitrogen and oxygen atoms in total. The van der Waals surface area contributed by atoms with Gasteiger partial charge < -0.3 is 10.6 Å². The standard InChI is InChI=1S/C14H22N2O2S/c1-19(17,18)11-12-5-4-6-13(9-12)14(15)10-16-7-2-3-8-16/h4-6,9,14H,2-3,7-8,10-11,15H2,1H3/t14-/m1/s1. The second kappa shape index (κ2) is 6.03. The van der Waals surface area contributed by atoms with Gasteiger partial charge in [0.15, 0.2) is 9.84 Å². The number of hydrogen-bond acceptors (Lipinski definition) is 4. The van der Waals surface area contributed by atoms with Gasteiger partial charge in [0.1, 0.15) is 0 Å². The monoisotopic (exact) mass is 282 g/mol. The molecule has 19 heavy (non-hydrogen) atoms. The second-order valence-corrected chi connectivity index (χ2v) is 7.57. The van der Waals surface area contributed by atoms with Gasteiger partial charge in [-0.2, -0.15) is 0 Å². The van der Waals surface area contributed by atoms with Gasteiger partial charge in [-0.15, -0.1) is 0 Å². The lowest BCUT2D eigenvalue weighted by molar-refractivity contribution is 0.316. The first-order valence-corrected chi connectivity index (χ1v) is 8.74. The fraction of sp³-hybridized carbons (Fsp3) is 0.571. The Morgan fingerprint density at radius 2 is 2.00 bits per heavy atom. The summed E-state index contributed by atoms with van der Waals surface area (Å²) < 4.78 is 22.6. The molecular weight excluding hydrogens is 260 g/mol. The molecular formula is C14H22N2O2S. The molecule has 1 aromatic rings. The Bertz CT molecular complexity index is 522. The van der Waals surface area contributed by atoms with Gasteiger partial charge in [-0.25, -0.2) is 8.42 Å². The average molecular weight is 282 g/mol. The van der Waals surface area contributed by atoms with Crippen LogP contribution in [-0.2, 0) is 15.6 Å². The van der Waals surface area contributed by atoms with Crippen molar-refractivity contribution in [1.82, 2.24) is 4.90 Å². The topological polar surface area (TPSA) is 63.4 Å². The van der Waals surface area contributed by atoms with Crippen LogP contribution in [-0.4, -0.2) is 39.2 Å². The van der Waals surface area contributed by atoms with Gasteiger partial charge in [0.25, 0.3) is 0 Å². The molecule has 1 aliphatic rings. The van der Waals surface area contributed by atoms with E-state index in [0.29, 0.717) is 0 Å². The molecule has 1 atom stereocenters. The van der Waals surface area contributed by atoms with Crippen LogP contribution in [0, 0.1) is 0 Å². The molecule has 1 aromatic carbocycles. The van der Waals surface area contributed by atoms with E-state index >= 15 is 0 Å². The predicted octanol–water partition coefficient (Wildman–Crippen LogP) is 1.33. The van der Waals surface area contributed by atoms with Crippen LogP contribution in [0.3, 0.4) is 0 Å². The van der Waals surface area contributed by atoms with Gasteiger partial charge in [0, 0.05) is 18.8 Å². The van der Waals surface area contributed by atoms with E-state index in [-0.39, 0.29) is 11.8 Å². The Kier molecular flexibility index (Phi) is 4.60. The highest BCUT2D eigenvalue weighted by molar-refractivity contribution is 7.89. The Hall–Kier alpha value is -0.910. The molecule has 2 rings (SSSR count). The molecule has 2 N–H and O–H groups in total. The highest BCUT2D eigenvalue weighted by Gasteiger charge is 2.16. The summed E-state index contributed by atoms with van der Waals surface area (Å²) in [5.74, 6) is 0.0806. The Labute approximate surface area is 115 Å². The largest absolute Gasteiger partial charge is 0.323 e. The van der Waals surface area contributed by atoms with Crippen LogP contribution in [0.15, 0.2) is 24.3 Å². The molecule has 1 saturated heterocycles. The molecule has 0 unspecified atom stereocenters. The number of benzene rings is 1. The summed E-state index contributed by atoms with van der Waals surface area (Å²) in [6, 6.07) is 7.58. The van der Waals surface area contributed by atoms with Crippen molar-refractivity contribution in [2.75, 3.05) is 25.9 Å². The summed E-state index contributed by atoms with van der Waals surface area (Å²) in [6.07, 6.45) is 3.76. The zero-order valence-corrected chi connectivity index (χ0v) is 12.2.